The average Bonchev–Trinajstić information content (AvgIpc) is 3.17. The van der Waals surface area contributed by atoms with Crippen molar-refractivity contribution in [2.45, 2.75) is 31.7 Å². The second-order valence-electron chi connectivity index (χ2n) is 5.43. The molecule has 7 heteroatoms. The fourth-order valence-electron chi connectivity index (χ4n) is 2.95. The van der Waals surface area contributed by atoms with Gasteiger partial charge in [0.05, 0.1) is 0 Å². The van der Waals surface area contributed by atoms with Gasteiger partial charge in [-0.05, 0) is 31.7 Å². The summed E-state index contributed by atoms with van der Waals surface area (Å²) < 4.78 is 0. The summed E-state index contributed by atoms with van der Waals surface area (Å²) in [5.41, 5.74) is 0.278. The van der Waals surface area contributed by atoms with Gasteiger partial charge in [0.2, 0.25) is 5.95 Å². The zero-order chi connectivity index (χ0) is 14.8. The Morgan fingerprint density at radius 1 is 1.19 bits per heavy atom. The summed E-state index contributed by atoms with van der Waals surface area (Å²) in [6.07, 6.45) is 5.00. The third-order valence-electron chi connectivity index (χ3n) is 4.05. The Kier molecular flexibility index (Phi) is 3.72. The first-order valence-corrected chi connectivity index (χ1v) is 7.28. The van der Waals surface area contributed by atoms with Crippen LogP contribution in [0.1, 0.15) is 36.2 Å². The molecule has 21 heavy (non-hydrogen) atoms. The van der Waals surface area contributed by atoms with Crippen LogP contribution in [-0.4, -0.2) is 57.5 Å². The quantitative estimate of drug-likeness (QED) is 0.884. The molecule has 2 saturated heterocycles. The molecule has 3 rings (SSSR count). The standard InChI is InChI=1S/C14H18N4O3/c19-12(18-9-3-4-11(18)13(20)21)10-5-6-15-14(16-10)17-7-1-2-8-17/h5-6,11H,1-4,7-9H2,(H,20,21)/t11-/m0/s1. The van der Waals surface area contributed by atoms with E-state index in [1.54, 1.807) is 12.3 Å². The molecular weight excluding hydrogens is 272 g/mol. The minimum Gasteiger partial charge on any atom is -0.480 e. The second-order valence-corrected chi connectivity index (χ2v) is 5.43. The Hall–Kier alpha value is -2.18. The largest absolute Gasteiger partial charge is 0.480 e. The van der Waals surface area contributed by atoms with Crippen molar-refractivity contribution in [1.29, 1.82) is 0 Å². The lowest BCUT2D eigenvalue weighted by Gasteiger charge is -2.21. The molecule has 0 radical (unpaired) electrons. The fourth-order valence-corrected chi connectivity index (χ4v) is 2.95. The summed E-state index contributed by atoms with van der Waals surface area (Å²) in [5.74, 6) is -0.707. The van der Waals surface area contributed by atoms with Gasteiger partial charge in [-0.2, -0.15) is 0 Å². The first-order valence-electron chi connectivity index (χ1n) is 7.28. The highest BCUT2D eigenvalue weighted by molar-refractivity contribution is 5.95. The number of hydrogen-bond acceptors (Lipinski definition) is 5. The number of aromatic nitrogens is 2. The molecule has 1 aromatic heterocycles. The van der Waals surface area contributed by atoms with Gasteiger partial charge >= 0.3 is 5.97 Å². The van der Waals surface area contributed by atoms with Crippen LogP contribution in [0.4, 0.5) is 5.95 Å². The van der Waals surface area contributed by atoms with Crippen molar-refractivity contribution < 1.29 is 14.7 Å². The molecule has 0 unspecified atom stereocenters. The van der Waals surface area contributed by atoms with E-state index in [1.165, 1.54) is 4.90 Å². The van der Waals surface area contributed by atoms with E-state index >= 15 is 0 Å². The maximum atomic E-state index is 12.5. The van der Waals surface area contributed by atoms with Crippen LogP contribution in [0.25, 0.3) is 0 Å². The first kappa shape index (κ1) is 13.8. The molecule has 0 aliphatic carbocycles. The van der Waals surface area contributed by atoms with Gasteiger partial charge in [-0.3, -0.25) is 4.79 Å². The van der Waals surface area contributed by atoms with Crippen molar-refractivity contribution in [3.05, 3.63) is 18.0 Å². The molecule has 1 aromatic rings. The van der Waals surface area contributed by atoms with Crippen LogP contribution in [0.5, 0.6) is 0 Å². The topological polar surface area (TPSA) is 86.6 Å². The molecule has 2 aliphatic heterocycles. The molecule has 2 fully saturated rings. The molecule has 2 aliphatic rings. The summed E-state index contributed by atoms with van der Waals surface area (Å²) >= 11 is 0. The Bertz CT molecular complexity index is 557. The van der Waals surface area contributed by atoms with Crippen LogP contribution in [0.3, 0.4) is 0 Å². The number of carboxylic acid groups (broad SMARTS) is 1. The molecule has 0 bridgehead atoms. The molecule has 1 amide bonds. The van der Waals surface area contributed by atoms with Crippen molar-refractivity contribution in [2.75, 3.05) is 24.5 Å². The van der Waals surface area contributed by atoms with Gasteiger partial charge < -0.3 is 14.9 Å². The van der Waals surface area contributed by atoms with E-state index in [0.717, 1.165) is 25.9 Å². The monoisotopic (exact) mass is 290 g/mol. The molecule has 1 N–H and O–H groups in total. The van der Waals surface area contributed by atoms with Gasteiger partial charge in [-0.1, -0.05) is 0 Å². The van der Waals surface area contributed by atoms with Gasteiger partial charge in [0.25, 0.3) is 5.91 Å². The number of amides is 1. The van der Waals surface area contributed by atoms with E-state index in [1.807, 2.05) is 0 Å². The molecular formula is C14H18N4O3. The summed E-state index contributed by atoms with van der Waals surface area (Å²) in [7, 11) is 0. The molecule has 1 atom stereocenters. The highest BCUT2D eigenvalue weighted by Crippen LogP contribution is 2.21. The van der Waals surface area contributed by atoms with Crippen LogP contribution in [0.15, 0.2) is 12.3 Å². The predicted octanol–water partition coefficient (Wildman–Crippen LogP) is 0.766. The van der Waals surface area contributed by atoms with Gasteiger partial charge in [-0.25, -0.2) is 14.8 Å². The van der Waals surface area contributed by atoms with E-state index in [4.69, 9.17) is 0 Å². The van der Waals surface area contributed by atoms with E-state index in [9.17, 15) is 14.7 Å². The number of carboxylic acids is 1. The maximum Gasteiger partial charge on any atom is 0.326 e. The summed E-state index contributed by atoms with van der Waals surface area (Å²) in [6.45, 7) is 2.27. The number of aliphatic carboxylic acids is 1. The molecule has 112 valence electrons. The van der Waals surface area contributed by atoms with Crippen LogP contribution in [0.2, 0.25) is 0 Å². The van der Waals surface area contributed by atoms with Crippen LogP contribution >= 0.6 is 0 Å². The lowest BCUT2D eigenvalue weighted by atomic mass is 10.2. The summed E-state index contributed by atoms with van der Waals surface area (Å²) in [6, 6.07) is 0.821. The zero-order valence-corrected chi connectivity index (χ0v) is 11.7. The van der Waals surface area contributed by atoms with Gasteiger partial charge in [0.15, 0.2) is 0 Å². The Morgan fingerprint density at radius 2 is 1.95 bits per heavy atom. The molecule has 0 spiro atoms. The average molecular weight is 290 g/mol. The van der Waals surface area contributed by atoms with Gasteiger partial charge in [0, 0.05) is 25.8 Å². The number of carbonyl (C=O) groups is 2. The maximum absolute atomic E-state index is 12.5. The highest BCUT2D eigenvalue weighted by atomic mass is 16.4. The number of likely N-dealkylation sites (tertiary alicyclic amines) is 1. The molecule has 0 saturated carbocycles. The smallest absolute Gasteiger partial charge is 0.326 e. The van der Waals surface area contributed by atoms with Crippen molar-refractivity contribution in [3.63, 3.8) is 0 Å². The molecule has 3 heterocycles. The number of nitrogens with zero attached hydrogens (tertiary/aromatic N) is 4. The van der Waals surface area contributed by atoms with Crippen LogP contribution in [-0.2, 0) is 4.79 Å². The van der Waals surface area contributed by atoms with E-state index in [0.29, 0.717) is 25.3 Å². The Balaban J connectivity index is 1.81. The predicted molar refractivity (Wildman–Crippen MR) is 75.2 cm³/mol. The van der Waals surface area contributed by atoms with E-state index in [-0.39, 0.29) is 11.6 Å². The van der Waals surface area contributed by atoms with Crippen LogP contribution < -0.4 is 4.90 Å². The second kappa shape index (κ2) is 5.67. The van der Waals surface area contributed by atoms with Crippen molar-refractivity contribution in [3.8, 4) is 0 Å². The van der Waals surface area contributed by atoms with Crippen molar-refractivity contribution in [2.24, 2.45) is 0 Å². The zero-order valence-electron chi connectivity index (χ0n) is 11.7. The number of hydrogen-bond donors (Lipinski definition) is 1. The van der Waals surface area contributed by atoms with E-state index in [2.05, 4.69) is 14.9 Å². The van der Waals surface area contributed by atoms with Crippen molar-refractivity contribution >= 4 is 17.8 Å². The number of rotatable bonds is 3. The summed E-state index contributed by atoms with van der Waals surface area (Å²) in [4.78, 5) is 35.7. The Morgan fingerprint density at radius 3 is 2.67 bits per heavy atom. The van der Waals surface area contributed by atoms with Gasteiger partial charge in [0.1, 0.15) is 11.7 Å². The normalized spacial score (nSPS) is 21.8. The number of anilines is 1. The Labute approximate surface area is 122 Å². The fraction of sp³-hybridized carbons (Fsp3) is 0.571. The van der Waals surface area contributed by atoms with Gasteiger partial charge in [-0.15, -0.1) is 0 Å². The van der Waals surface area contributed by atoms with Crippen LogP contribution in [0, 0.1) is 0 Å². The summed E-state index contributed by atoms with van der Waals surface area (Å²) in [5, 5.41) is 9.17. The minimum absolute atomic E-state index is 0.278. The minimum atomic E-state index is -0.949. The number of carbonyl (C=O) groups excluding carboxylic acids is 1. The third-order valence-corrected chi connectivity index (χ3v) is 4.05. The third kappa shape index (κ3) is 2.68. The van der Waals surface area contributed by atoms with Crippen molar-refractivity contribution in [1.82, 2.24) is 14.9 Å². The van der Waals surface area contributed by atoms with E-state index < -0.39 is 12.0 Å². The highest BCUT2D eigenvalue weighted by Gasteiger charge is 2.35. The first-order chi connectivity index (χ1) is 10.2. The molecule has 7 nitrogen and oxygen atoms in total. The lowest BCUT2D eigenvalue weighted by molar-refractivity contribution is -0.141. The lowest BCUT2D eigenvalue weighted by Crippen LogP contribution is -2.40. The molecule has 0 aromatic carbocycles. The SMILES string of the molecule is O=C(O)[C@@H]1CCCN1C(=O)c1ccnc(N2CCCC2)n1.